The Labute approximate surface area is 121 Å². The molecule has 0 amide bonds. The van der Waals surface area contributed by atoms with E-state index in [2.05, 4.69) is 17.4 Å². The van der Waals surface area contributed by atoms with Crippen LogP contribution in [0.25, 0.3) is 0 Å². The molecule has 102 valence electrons. The van der Waals surface area contributed by atoms with E-state index >= 15 is 0 Å². The zero-order valence-electron chi connectivity index (χ0n) is 10.7. The molecule has 1 aliphatic rings. The molecule has 0 radical (unpaired) electrons. The molecule has 0 bridgehead atoms. The maximum Gasteiger partial charge on any atom is 0.310 e. The van der Waals surface area contributed by atoms with E-state index in [1.54, 1.807) is 12.1 Å². The lowest BCUT2D eigenvalue weighted by Gasteiger charge is -2.30. The summed E-state index contributed by atoms with van der Waals surface area (Å²) >= 11 is 5.89. The molecule has 0 aromatic heterocycles. The molecule has 0 aliphatic heterocycles. The van der Waals surface area contributed by atoms with Crippen molar-refractivity contribution in [3.63, 3.8) is 0 Å². The highest BCUT2D eigenvalue weighted by molar-refractivity contribution is 6.33. The maximum atomic E-state index is 11.1. The fourth-order valence-corrected chi connectivity index (χ4v) is 2.87. The van der Waals surface area contributed by atoms with Crippen LogP contribution in [-0.2, 0) is 6.42 Å². The first-order chi connectivity index (χ1) is 9.66. The van der Waals surface area contributed by atoms with Gasteiger partial charge in [0.2, 0.25) is 0 Å². The van der Waals surface area contributed by atoms with Crippen LogP contribution in [0.5, 0.6) is 0 Å². The second-order valence-electron chi connectivity index (χ2n) is 4.87. The van der Waals surface area contributed by atoms with Crippen molar-refractivity contribution in [2.45, 2.75) is 12.3 Å². The molecular formula is C15H13ClN2O2. The molecule has 0 saturated carbocycles. The van der Waals surface area contributed by atoms with Crippen LogP contribution >= 0.6 is 11.6 Å². The predicted octanol–water partition coefficient (Wildman–Crippen LogP) is 4.00. The Morgan fingerprint density at radius 1 is 1.25 bits per heavy atom. The number of anilines is 1. The third-order valence-corrected chi connectivity index (χ3v) is 3.97. The third kappa shape index (κ3) is 2.23. The molecule has 1 N–H and O–H groups in total. The highest BCUT2D eigenvalue weighted by Gasteiger charge is 2.26. The summed E-state index contributed by atoms with van der Waals surface area (Å²) in [6, 6.07) is 13.2. The molecule has 0 saturated heterocycles. The van der Waals surface area contributed by atoms with Gasteiger partial charge in [0.1, 0.15) is 10.7 Å². The fraction of sp³-hybridized carbons (Fsp3) is 0.200. The number of nitro benzene ring substituents is 1. The minimum atomic E-state index is -0.445. The van der Waals surface area contributed by atoms with Gasteiger partial charge in [-0.3, -0.25) is 10.1 Å². The van der Waals surface area contributed by atoms with Crippen molar-refractivity contribution >= 4 is 23.0 Å². The topological polar surface area (TPSA) is 55.2 Å². The summed E-state index contributed by atoms with van der Waals surface area (Å²) in [6.45, 7) is 0.679. The maximum absolute atomic E-state index is 11.1. The Kier molecular flexibility index (Phi) is 3.32. The smallest absolute Gasteiger partial charge is 0.310 e. The molecule has 1 unspecified atom stereocenters. The number of nitro groups is 1. The Bertz CT molecular complexity index is 673. The number of hydrogen-bond donors (Lipinski definition) is 1. The second-order valence-corrected chi connectivity index (χ2v) is 5.28. The van der Waals surface area contributed by atoms with Gasteiger partial charge in [-0.05, 0) is 29.7 Å². The Morgan fingerprint density at radius 2 is 2.05 bits per heavy atom. The number of rotatable bonds is 4. The summed E-state index contributed by atoms with van der Waals surface area (Å²) < 4.78 is 0. The van der Waals surface area contributed by atoms with E-state index in [0.717, 1.165) is 6.42 Å². The largest absolute Gasteiger partial charge is 0.379 e. The number of hydrogen-bond acceptors (Lipinski definition) is 3. The standard InChI is InChI=1S/C15H13ClN2O2/c16-13-6-3-7-14(15(13)18(19)20)17-9-11-8-10-4-1-2-5-12(10)11/h1-7,11,17H,8-9H2. The van der Waals surface area contributed by atoms with Crippen LogP contribution in [0.15, 0.2) is 42.5 Å². The van der Waals surface area contributed by atoms with Gasteiger partial charge < -0.3 is 5.32 Å². The zero-order valence-corrected chi connectivity index (χ0v) is 11.4. The lowest BCUT2D eigenvalue weighted by atomic mass is 9.77. The van der Waals surface area contributed by atoms with E-state index in [9.17, 15) is 10.1 Å². The number of halogens is 1. The summed E-state index contributed by atoms with van der Waals surface area (Å²) in [5.41, 5.74) is 3.11. The van der Waals surface area contributed by atoms with Crippen molar-refractivity contribution in [2.75, 3.05) is 11.9 Å². The van der Waals surface area contributed by atoms with Gasteiger partial charge in [0.25, 0.3) is 0 Å². The molecule has 0 fully saturated rings. The molecule has 0 spiro atoms. The number of nitrogens with one attached hydrogen (secondary N) is 1. The summed E-state index contributed by atoms with van der Waals surface area (Å²) in [5, 5.41) is 14.4. The van der Waals surface area contributed by atoms with Crippen LogP contribution < -0.4 is 5.32 Å². The van der Waals surface area contributed by atoms with E-state index in [1.165, 1.54) is 17.2 Å². The highest BCUT2D eigenvalue weighted by atomic mass is 35.5. The van der Waals surface area contributed by atoms with Gasteiger partial charge in [-0.15, -0.1) is 0 Å². The first kappa shape index (κ1) is 12.9. The molecule has 5 heteroatoms. The molecule has 1 atom stereocenters. The lowest BCUT2D eigenvalue weighted by molar-refractivity contribution is -0.383. The van der Waals surface area contributed by atoms with Crippen molar-refractivity contribution in [2.24, 2.45) is 0 Å². The van der Waals surface area contributed by atoms with Crippen LogP contribution in [0.2, 0.25) is 5.02 Å². The van der Waals surface area contributed by atoms with E-state index in [4.69, 9.17) is 11.6 Å². The Hall–Kier alpha value is -2.07. The zero-order chi connectivity index (χ0) is 14.1. The van der Waals surface area contributed by atoms with E-state index in [0.29, 0.717) is 18.2 Å². The van der Waals surface area contributed by atoms with E-state index in [-0.39, 0.29) is 10.7 Å². The minimum Gasteiger partial charge on any atom is -0.379 e. The van der Waals surface area contributed by atoms with Crippen LogP contribution in [0.4, 0.5) is 11.4 Å². The number of fused-ring (bicyclic) bond motifs is 1. The van der Waals surface area contributed by atoms with Crippen LogP contribution in [0.3, 0.4) is 0 Å². The van der Waals surface area contributed by atoms with Crippen molar-refractivity contribution in [1.29, 1.82) is 0 Å². The molecule has 2 aromatic rings. The first-order valence-electron chi connectivity index (χ1n) is 6.41. The van der Waals surface area contributed by atoms with Gasteiger partial charge in [-0.1, -0.05) is 41.9 Å². The Morgan fingerprint density at radius 3 is 2.80 bits per heavy atom. The monoisotopic (exact) mass is 288 g/mol. The quantitative estimate of drug-likeness (QED) is 0.683. The molecular weight excluding hydrogens is 276 g/mol. The second kappa shape index (κ2) is 5.13. The normalized spacial score (nSPS) is 16.1. The first-order valence-corrected chi connectivity index (χ1v) is 6.79. The number of benzene rings is 2. The van der Waals surface area contributed by atoms with Crippen LogP contribution in [-0.4, -0.2) is 11.5 Å². The van der Waals surface area contributed by atoms with Gasteiger partial charge in [0.15, 0.2) is 0 Å². The third-order valence-electron chi connectivity index (χ3n) is 3.67. The molecule has 20 heavy (non-hydrogen) atoms. The van der Waals surface area contributed by atoms with Crippen LogP contribution in [0.1, 0.15) is 17.0 Å². The van der Waals surface area contributed by atoms with Crippen LogP contribution in [0, 0.1) is 10.1 Å². The van der Waals surface area contributed by atoms with Crippen molar-refractivity contribution in [3.05, 3.63) is 68.7 Å². The fourth-order valence-electron chi connectivity index (χ4n) is 2.62. The molecule has 4 nitrogen and oxygen atoms in total. The molecule has 3 rings (SSSR count). The minimum absolute atomic E-state index is 0.0539. The van der Waals surface area contributed by atoms with Crippen molar-refractivity contribution in [1.82, 2.24) is 0 Å². The van der Waals surface area contributed by atoms with E-state index < -0.39 is 4.92 Å². The van der Waals surface area contributed by atoms with Gasteiger partial charge in [-0.2, -0.15) is 0 Å². The lowest BCUT2D eigenvalue weighted by Crippen LogP contribution is -2.24. The summed E-state index contributed by atoms with van der Waals surface area (Å²) in [7, 11) is 0. The summed E-state index contributed by atoms with van der Waals surface area (Å²) in [6.07, 6.45) is 1.01. The highest BCUT2D eigenvalue weighted by Crippen LogP contribution is 2.37. The average molecular weight is 289 g/mol. The van der Waals surface area contributed by atoms with Gasteiger partial charge >= 0.3 is 5.69 Å². The molecule has 0 heterocycles. The van der Waals surface area contributed by atoms with Gasteiger partial charge in [0, 0.05) is 12.5 Å². The summed E-state index contributed by atoms with van der Waals surface area (Å²) in [4.78, 5) is 10.6. The SMILES string of the molecule is O=[N+]([O-])c1c(Cl)cccc1NCC1Cc2ccccc21. The molecule has 1 aliphatic carbocycles. The number of para-hydroxylation sites is 1. The number of nitrogens with zero attached hydrogens (tertiary/aromatic N) is 1. The van der Waals surface area contributed by atoms with Crippen molar-refractivity contribution < 1.29 is 4.92 Å². The van der Waals surface area contributed by atoms with Gasteiger partial charge in [0.05, 0.1) is 4.92 Å². The summed E-state index contributed by atoms with van der Waals surface area (Å²) in [5.74, 6) is 0.407. The predicted molar refractivity (Wildman–Crippen MR) is 79.5 cm³/mol. The molecule has 2 aromatic carbocycles. The Balaban J connectivity index is 1.75. The average Bonchev–Trinajstić information content (AvgIpc) is 2.39. The van der Waals surface area contributed by atoms with Gasteiger partial charge in [-0.25, -0.2) is 0 Å². The van der Waals surface area contributed by atoms with E-state index in [1.807, 2.05) is 12.1 Å². The van der Waals surface area contributed by atoms with Crippen molar-refractivity contribution in [3.8, 4) is 0 Å².